The van der Waals surface area contributed by atoms with Crippen molar-refractivity contribution in [3.8, 4) is 0 Å². The lowest BCUT2D eigenvalue weighted by molar-refractivity contribution is 0.0429. The summed E-state index contributed by atoms with van der Waals surface area (Å²) in [6, 6.07) is 4.01. The first-order valence-corrected chi connectivity index (χ1v) is 10.4. The number of hydrogen-bond acceptors (Lipinski definition) is 7. The lowest BCUT2D eigenvalue weighted by Crippen LogP contribution is -2.28. The van der Waals surface area contributed by atoms with Crippen LogP contribution in [0.5, 0.6) is 0 Å². The van der Waals surface area contributed by atoms with E-state index < -0.39 is 16.0 Å². The summed E-state index contributed by atoms with van der Waals surface area (Å²) < 4.78 is 36.9. The Labute approximate surface area is 162 Å². The summed E-state index contributed by atoms with van der Waals surface area (Å²) in [5.74, 6) is -0.00955. The molecule has 0 atom stereocenters. The van der Waals surface area contributed by atoms with Crippen LogP contribution in [0.2, 0.25) is 5.02 Å². The van der Waals surface area contributed by atoms with E-state index in [0.717, 1.165) is 12.8 Å². The zero-order valence-electron chi connectivity index (χ0n) is 15.0. The maximum absolute atomic E-state index is 12.7. The number of sulfonamides is 1. The van der Waals surface area contributed by atoms with Crippen LogP contribution in [0.3, 0.4) is 0 Å². The third-order valence-electron chi connectivity index (χ3n) is 4.19. The number of benzene rings is 1. The van der Waals surface area contributed by atoms with Gasteiger partial charge in [0, 0.05) is 19.0 Å². The molecular formula is C17H20ClN3O5S. The van der Waals surface area contributed by atoms with Gasteiger partial charge in [0.25, 0.3) is 5.89 Å². The molecule has 0 amide bonds. The average Bonchev–Trinajstić information content (AvgIpc) is 3.32. The molecule has 3 rings (SSSR count). The fraction of sp³-hybridized carbons (Fsp3) is 0.471. The Morgan fingerprint density at radius 2 is 2.04 bits per heavy atom. The molecule has 0 unspecified atom stereocenters. The molecule has 1 aromatic heterocycles. The average molecular weight is 414 g/mol. The number of carbonyl (C=O) groups is 1. The van der Waals surface area contributed by atoms with Gasteiger partial charge in [-0.05, 0) is 31.0 Å². The van der Waals surface area contributed by atoms with Gasteiger partial charge in [0.05, 0.1) is 15.5 Å². The van der Waals surface area contributed by atoms with Gasteiger partial charge in [-0.1, -0.05) is 30.6 Å². The SMILES string of the molecule is CC(C)c1noc(COC(=O)c2cc(S(=O)(=O)N3CCCC3)ccc2Cl)n1. The Bertz CT molecular complexity index is 936. The van der Waals surface area contributed by atoms with Crippen LogP contribution >= 0.6 is 11.6 Å². The van der Waals surface area contributed by atoms with Gasteiger partial charge in [-0.15, -0.1) is 0 Å². The molecule has 0 radical (unpaired) electrons. The van der Waals surface area contributed by atoms with Crippen molar-refractivity contribution in [1.29, 1.82) is 0 Å². The Balaban J connectivity index is 1.76. The molecule has 2 aromatic rings. The van der Waals surface area contributed by atoms with E-state index in [2.05, 4.69) is 10.1 Å². The molecule has 1 saturated heterocycles. The highest BCUT2D eigenvalue weighted by Gasteiger charge is 2.28. The first-order valence-electron chi connectivity index (χ1n) is 8.58. The van der Waals surface area contributed by atoms with E-state index in [0.29, 0.717) is 18.9 Å². The molecule has 0 spiro atoms. The maximum Gasteiger partial charge on any atom is 0.340 e. The molecule has 8 nitrogen and oxygen atoms in total. The highest BCUT2D eigenvalue weighted by Crippen LogP contribution is 2.26. The highest BCUT2D eigenvalue weighted by molar-refractivity contribution is 7.89. The first kappa shape index (κ1) is 19.8. The summed E-state index contributed by atoms with van der Waals surface area (Å²) >= 11 is 6.07. The van der Waals surface area contributed by atoms with Gasteiger partial charge in [-0.25, -0.2) is 13.2 Å². The number of hydrogen-bond donors (Lipinski definition) is 0. The van der Waals surface area contributed by atoms with Crippen molar-refractivity contribution in [2.75, 3.05) is 13.1 Å². The van der Waals surface area contributed by atoms with Crippen molar-refractivity contribution in [2.45, 2.75) is 44.1 Å². The van der Waals surface area contributed by atoms with Gasteiger partial charge < -0.3 is 9.26 Å². The first-order chi connectivity index (χ1) is 12.8. The van der Waals surface area contributed by atoms with Crippen molar-refractivity contribution in [1.82, 2.24) is 14.4 Å². The third kappa shape index (κ3) is 4.31. The van der Waals surface area contributed by atoms with Crippen LogP contribution in [0.1, 0.15) is 54.7 Å². The minimum absolute atomic E-state index is 0.0145. The normalized spacial score (nSPS) is 15.4. The molecule has 2 heterocycles. The second-order valence-electron chi connectivity index (χ2n) is 6.53. The molecule has 10 heteroatoms. The van der Waals surface area contributed by atoms with Gasteiger partial charge in [-0.2, -0.15) is 9.29 Å². The molecule has 146 valence electrons. The van der Waals surface area contributed by atoms with Crippen molar-refractivity contribution in [3.63, 3.8) is 0 Å². The molecule has 0 bridgehead atoms. The Kier molecular flexibility index (Phi) is 5.83. The van der Waals surface area contributed by atoms with Crippen molar-refractivity contribution in [2.24, 2.45) is 0 Å². The zero-order valence-corrected chi connectivity index (χ0v) is 16.6. The van der Waals surface area contributed by atoms with E-state index in [9.17, 15) is 13.2 Å². The summed E-state index contributed by atoms with van der Waals surface area (Å²) in [6.07, 6.45) is 1.65. The summed E-state index contributed by atoms with van der Waals surface area (Å²) in [5, 5.41) is 3.89. The quantitative estimate of drug-likeness (QED) is 0.670. The van der Waals surface area contributed by atoms with Gasteiger partial charge in [0.2, 0.25) is 10.0 Å². The summed E-state index contributed by atoms with van der Waals surface area (Å²) in [5.41, 5.74) is -0.0273. The molecule has 1 fully saturated rings. The Morgan fingerprint density at radius 3 is 2.67 bits per heavy atom. The van der Waals surface area contributed by atoms with Gasteiger partial charge in [0.15, 0.2) is 12.4 Å². The topological polar surface area (TPSA) is 103 Å². The summed E-state index contributed by atoms with van der Waals surface area (Å²) in [4.78, 5) is 16.5. The van der Waals surface area contributed by atoms with E-state index in [1.807, 2.05) is 13.8 Å². The lowest BCUT2D eigenvalue weighted by atomic mass is 10.2. The number of aromatic nitrogens is 2. The van der Waals surface area contributed by atoms with E-state index in [4.69, 9.17) is 20.9 Å². The van der Waals surface area contributed by atoms with E-state index in [1.165, 1.54) is 22.5 Å². The van der Waals surface area contributed by atoms with E-state index in [1.54, 1.807) is 0 Å². The summed E-state index contributed by atoms with van der Waals surface area (Å²) in [6.45, 7) is 4.54. The minimum Gasteiger partial charge on any atom is -0.452 e. The minimum atomic E-state index is -3.66. The zero-order chi connectivity index (χ0) is 19.6. The predicted molar refractivity (Wildman–Crippen MR) is 97.0 cm³/mol. The van der Waals surface area contributed by atoms with Crippen LogP contribution in [0.4, 0.5) is 0 Å². The molecule has 1 aliphatic heterocycles. The van der Waals surface area contributed by atoms with Crippen LogP contribution in [-0.2, 0) is 21.4 Å². The standard InChI is InChI=1S/C17H20ClN3O5S/c1-11(2)16-19-15(26-20-16)10-25-17(22)13-9-12(5-6-14(13)18)27(23,24)21-7-3-4-8-21/h5-6,9,11H,3-4,7-8,10H2,1-2H3. The smallest absolute Gasteiger partial charge is 0.340 e. The number of rotatable bonds is 6. The number of nitrogens with zero attached hydrogens (tertiary/aromatic N) is 3. The predicted octanol–water partition coefficient (Wildman–Crippen LogP) is 2.99. The largest absolute Gasteiger partial charge is 0.452 e. The van der Waals surface area contributed by atoms with Crippen LogP contribution in [0.25, 0.3) is 0 Å². The van der Waals surface area contributed by atoms with Crippen LogP contribution in [-0.4, -0.2) is 41.9 Å². The second kappa shape index (κ2) is 7.95. The number of halogens is 1. The molecule has 0 aliphatic carbocycles. The number of esters is 1. The Hall–Kier alpha value is -1.97. The molecule has 1 aliphatic rings. The van der Waals surface area contributed by atoms with Crippen LogP contribution in [0.15, 0.2) is 27.6 Å². The second-order valence-corrected chi connectivity index (χ2v) is 8.88. The lowest BCUT2D eigenvalue weighted by Gasteiger charge is -2.16. The van der Waals surface area contributed by atoms with E-state index >= 15 is 0 Å². The molecule has 0 N–H and O–H groups in total. The number of carbonyl (C=O) groups excluding carboxylic acids is 1. The van der Waals surface area contributed by atoms with Gasteiger partial charge >= 0.3 is 5.97 Å². The van der Waals surface area contributed by atoms with Crippen molar-refractivity contribution in [3.05, 3.63) is 40.5 Å². The number of ether oxygens (including phenoxy) is 1. The van der Waals surface area contributed by atoms with Crippen molar-refractivity contribution >= 4 is 27.6 Å². The molecule has 1 aromatic carbocycles. The van der Waals surface area contributed by atoms with Crippen LogP contribution < -0.4 is 0 Å². The van der Waals surface area contributed by atoms with E-state index in [-0.39, 0.29) is 33.9 Å². The summed E-state index contributed by atoms with van der Waals surface area (Å²) in [7, 11) is -3.66. The maximum atomic E-state index is 12.7. The fourth-order valence-corrected chi connectivity index (χ4v) is 4.40. The van der Waals surface area contributed by atoms with Gasteiger partial charge in [-0.3, -0.25) is 0 Å². The van der Waals surface area contributed by atoms with Crippen LogP contribution in [0, 0.1) is 0 Å². The third-order valence-corrected chi connectivity index (χ3v) is 6.41. The molecular weight excluding hydrogens is 394 g/mol. The Morgan fingerprint density at radius 1 is 1.33 bits per heavy atom. The fourth-order valence-electron chi connectivity index (χ4n) is 2.67. The van der Waals surface area contributed by atoms with Crippen molar-refractivity contribution < 1.29 is 22.5 Å². The molecule has 0 saturated carbocycles. The monoisotopic (exact) mass is 413 g/mol. The molecule has 27 heavy (non-hydrogen) atoms. The van der Waals surface area contributed by atoms with Gasteiger partial charge in [0.1, 0.15) is 0 Å². The highest BCUT2D eigenvalue weighted by atomic mass is 35.5.